The number of rotatable bonds is 6. The Bertz CT molecular complexity index is 484. The van der Waals surface area contributed by atoms with E-state index in [1.54, 1.807) is 6.92 Å². The highest BCUT2D eigenvalue weighted by molar-refractivity contribution is 5.88. The Morgan fingerprint density at radius 3 is 2.35 bits per heavy atom. The van der Waals surface area contributed by atoms with E-state index in [0.717, 1.165) is 0 Å². The summed E-state index contributed by atoms with van der Waals surface area (Å²) >= 11 is 0. The summed E-state index contributed by atoms with van der Waals surface area (Å²) < 4.78 is 18.3. The monoisotopic (exact) mass is 283 g/mol. The molecule has 1 atom stereocenters. The van der Waals surface area contributed by atoms with Crippen LogP contribution in [-0.4, -0.2) is 28.6 Å². The molecule has 6 heteroatoms. The largest absolute Gasteiger partial charge is 0.480 e. The van der Waals surface area contributed by atoms with Crippen molar-refractivity contribution in [2.24, 2.45) is 0 Å². The minimum Gasteiger partial charge on any atom is -0.480 e. The van der Waals surface area contributed by atoms with E-state index in [4.69, 9.17) is 9.84 Å². The molecule has 1 unspecified atom stereocenters. The van der Waals surface area contributed by atoms with Gasteiger partial charge in [-0.25, -0.2) is 9.18 Å². The summed E-state index contributed by atoms with van der Waals surface area (Å²) in [6, 6.07) is 4.28. The fourth-order valence-corrected chi connectivity index (χ4v) is 1.51. The molecule has 0 spiro atoms. The molecule has 0 aliphatic carbocycles. The fourth-order valence-electron chi connectivity index (χ4n) is 1.51. The van der Waals surface area contributed by atoms with Crippen LogP contribution in [0.5, 0.6) is 5.75 Å². The van der Waals surface area contributed by atoms with E-state index < -0.39 is 29.3 Å². The van der Waals surface area contributed by atoms with Crippen LogP contribution in [-0.2, 0) is 9.59 Å². The summed E-state index contributed by atoms with van der Waals surface area (Å²) in [5.41, 5.74) is -1.26. The Balaban J connectivity index is 2.74. The van der Waals surface area contributed by atoms with E-state index in [2.05, 4.69) is 5.32 Å². The number of halogens is 1. The number of nitrogens with one attached hydrogen (secondary N) is 1. The van der Waals surface area contributed by atoms with Crippen molar-refractivity contribution in [2.75, 3.05) is 0 Å². The molecular weight excluding hydrogens is 265 g/mol. The second-order valence-corrected chi connectivity index (χ2v) is 4.84. The summed E-state index contributed by atoms with van der Waals surface area (Å²) in [7, 11) is 0. The molecule has 1 rings (SSSR count). The van der Waals surface area contributed by atoms with Crippen LogP contribution < -0.4 is 10.1 Å². The lowest BCUT2D eigenvalue weighted by atomic mass is 10.1. The quantitative estimate of drug-likeness (QED) is 0.837. The number of amides is 1. The number of ether oxygens (including phenoxy) is 1. The molecule has 0 heterocycles. The lowest BCUT2D eigenvalue weighted by Gasteiger charge is -2.26. The molecule has 0 aliphatic rings. The fraction of sp³-hybridized carbons (Fsp3) is 0.429. The van der Waals surface area contributed by atoms with E-state index in [9.17, 15) is 14.0 Å². The topological polar surface area (TPSA) is 75.6 Å². The van der Waals surface area contributed by atoms with Crippen molar-refractivity contribution in [3.63, 3.8) is 0 Å². The smallest absolute Gasteiger partial charge is 0.326 e. The summed E-state index contributed by atoms with van der Waals surface area (Å²) in [6.07, 6.45) is 0.272. The lowest BCUT2D eigenvalue weighted by Crippen LogP contribution is -2.52. The molecule has 1 amide bonds. The third-order valence-electron chi connectivity index (χ3n) is 2.75. The predicted octanol–water partition coefficient (Wildman–Crippen LogP) is 1.96. The Morgan fingerprint density at radius 2 is 1.90 bits per heavy atom. The summed E-state index contributed by atoms with van der Waals surface area (Å²) in [5.74, 6) is -1.72. The van der Waals surface area contributed by atoms with Crippen LogP contribution in [0.2, 0.25) is 0 Å². The number of carboxylic acids is 1. The van der Waals surface area contributed by atoms with Crippen molar-refractivity contribution in [3.8, 4) is 5.75 Å². The first-order valence-corrected chi connectivity index (χ1v) is 6.24. The van der Waals surface area contributed by atoms with Gasteiger partial charge in [0, 0.05) is 0 Å². The number of benzene rings is 1. The predicted molar refractivity (Wildman–Crippen MR) is 71.0 cm³/mol. The first kappa shape index (κ1) is 15.9. The average molecular weight is 283 g/mol. The van der Waals surface area contributed by atoms with Crippen molar-refractivity contribution in [3.05, 3.63) is 30.1 Å². The molecule has 0 bridgehead atoms. The first-order chi connectivity index (χ1) is 9.26. The third-order valence-corrected chi connectivity index (χ3v) is 2.75. The lowest BCUT2D eigenvalue weighted by molar-refractivity contribution is -0.145. The molecule has 1 aromatic rings. The van der Waals surface area contributed by atoms with Gasteiger partial charge in [-0.3, -0.25) is 4.79 Å². The van der Waals surface area contributed by atoms with Gasteiger partial charge in [0.25, 0.3) is 5.91 Å². The molecule has 0 saturated carbocycles. The summed E-state index contributed by atoms with van der Waals surface area (Å²) in [4.78, 5) is 22.9. The van der Waals surface area contributed by atoms with Crippen molar-refractivity contribution >= 4 is 11.9 Å². The van der Waals surface area contributed by atoms with Crippen LogP contribution in [0.15, 0.2) is 24.3 Å². The highest BCUT2D eigenvalue weighted by atomic mass is 19.1. The van der Waals surface area contributed by atoms with Crippen LogP contribution in [0.25, 0.3) is 0 Å². The molecule has 110 valence electrons. The SMILES string of the molecule is CCC(NC(=O)C(C)(C)Oc1ccc(F)cc1)C(=O)O. The minimum absolute atomic E-state index is 0.272. The standard InChI is InChI=1S/C14H18FNO4/c1-4-11(12(17)18)16-13(19)14(2,3)20-10-7-5-9(15)6-8-10/h5-8,11H,4H2,1-3H3,(H,16,19)(H,17,18). The summed E-state index contributed by atoms with van der Waals surface area (Å²) in [5, 5.41) is 11.3. The second-order valence-electron chi connectivity index (χ2n) is 4.84. The van der Waals surface area contributed by atoms with Gasteiger partial charge in [-0.15, -0.1) is 0 Å². The normalized spacial score (nSPS) is 12.6. The summed E-state index contributed by atoms with van der Waals surface area (Å²) in [6.45, 7) is 4.69. The molecule has 0 saturated heterocycles. The molecular formula is C14H18FNO4. The van der Waals surface area contributed by atoms with Crippen LogP contribution in [0.4, 0.5) is 4.39 Å². The van der Waals surface area contributed by atoms with E-state index in [1.807, 2.05) is 0 Å². The number of hydrogen-bond donors (Lipinski definition) is 2. The van der Waals surface area contributed by atoms with E-state index in [-0.39, 0.29) is 6.42 Å². The van der Waals surface area contributed by atoms with Crippen LogP contribution in [0.1, 0.15) is 27.2 Å². The van der Waals surface area contributed by atoms with Crippen molar-refractivity contribution in [1.29, 1.82) is 0 Å². The highest BCUT2D eigenvalue weighted by Gasteiger charge is 2.32. The number of aliphatic carboxylic acids is 1. The van der Waals surface area contributed by atoms with Gasteiger partial charge in [-0.1, -0.05) is 6.92 Å². The van der Waals surface area contributed by atoms with Crippen molar-refractivity contribution in [1.82, 2.24) is 5.32 Å². The number of hydrogen-bond acceptors (Lipinski definition) is 3. The third kappa shape index (κ3) is 4.22. The molecule has 0 fully saturated rings. The van der Waals surface area contributed by atoms with Gasteiger partial charge >= 0.3 is 5.97 Å². The number of carboxylic acid groups (broad SMARTS) is 1. The molecule has 0 aliphatic heterocycles. The highest BCUT2D eigenvalue weighted by Crippen LogP contribution is 2.19. The Labute approximate surface area is 116 Å². The molecule has 5 nitrogen and oxygen atoms in total. The van der Waals surface area contributed by atoms with Gasteiger partial charge in [0.15, 0.2) is 5.60 Å². The van der Waals surface area contributed by atoms with E-state index in [0.29, 0.717) is 5.75 Å². The van der Waals surface area contributed by atoms with Crippen LogP contribution in [0, 0.1) is 5.82 Å². The Morgan fingerprint density at radius 1 is 1.35 bits per heavy atom. The zero-order valence-corrected chi connectivity index (χ0v) is 11.6. The molecule has 2 N–H and O–H groups in total. The number of carbonyl (C=O) groups excluding carboxylic acids is 1. The van der Waals surface area contributed by atoms with Gasteiger partial charge in [0.2, 0.25) is 0 Å². The maximum atomic E-state index is 12.8. The van der Waals surface area contributed by atoms with Crippen molar-refractivity contribution in [2.45, 2.75) is 38.8 Å². The Kier molecular flexibility index (Phi) is 5.07. The Hall–Kier alpha value is -2.11. The van der Waals surface area contributed by atoms with Gasteiger partial charge in [0.1, 0.15) is 17.6 Å². The minimum atomic E-state index is -1.26. The van der Waals surface area contributed by atoms with Crippen LogP contribution >= 0.6 is 0 Å². The van der Waals surface area contributed by atoms with Crippen molar-refractivity contribution < 1.29 is 23.8 Å². The van der Waals surface area contributed by atoms with E-state index >= 15 is 0 Å². The zero-order valence-electron chi connectivity index (χ0n) is 11.6. The van der Waals surface area contributed by atoms with Gasteiger partial charge in [0.05, 0.1) is 0 Å². The van der Waals surface area contributed by atoms with Gasteiger partial charge < -0.3 is 15.2 Å². The molecule has 1 aromatic carbocycles. The first-order valence-electron chi connectivity index (χ1n) is 6.24. The second kappa shape index (κ2) is 6.36. The number of carbonyl (C=O) groups is 2. The average Bonchev–Trinajstić information content (AvgIpc) is 2.37. The zero-order chi connectivity index (χ0) is 15.3. The maximum Gasteiger partial charge on any atom is 0.326 e. The van der Waals surface area contributed by atoms with Crippen LogP contribution in [0.3, 0.4) is 0 Å². The van der Waals surface area contributed by atoms with Gasteiger partial charge in [-0.05, 0) is 44.5 Å². The molecule has 20 heavy (non-hydrogen) atoms. The maximum absolute atomic E-state index is 12.8. The molecule has 0 aromatic heterocycles. The van der Waals surface area contributed by atoms with Gasteiger partial charge in [-0.2, -0.15) is 0 Å². The molecule has 0 radical (unpaired) electrons. The van der Waals surface area contributed by atoms with E-state index in [1.165, 1.54) is 38.1 Å².